The molecular formula is C15H22O2. The molecule has 2 rings (SSSR count). The van der Waals surface area contributed by atoms with Crippen LogP contribution in [0.4, 0.5) is 0 Å². The molecule has 2 nitrogen and oxygen atoms in total. The Kier molecular flexibility index (Phi) is 3.55. The van der Waals surface area contributed by atoms with Crippen molar-refractivity contribution in [2.75, 3.05) is 13.2 Å². The Morgan fingerprint density at radius 1 is 1.41 bits per heavy atom. The van der Waals surface area contributed by atoms with Crippen LogP contribution in [0.15, 0.2) is 18.2 Å². The van der Waals surface area contributed by atoms with E-state index in [-0.39, 0.29) is 5.92 Å². The summed E-state index contributed by atoms with van der Waals surface area (Å²) in [6.07, 6.45) is 1.70. The van der Waals surface area contributed by atoms with Crippen LogP contribution in [0.25, 0.3) is 0 Å². The van der Waals surface area contributed by atoms with Crippen molar-refractivity contribution in [2.45, 2.75) is 39.2 Å². The van der Waals surface area contributed by atoms with Gasteiger partial charge in [-0.25, -0.2) is 0 Å². The van der Waals surface area contributed by atoms with Gasteiger partial charge in [0.05, 0.1) is 12.2 Å². The third-order valence-electron chi connectivity index (χ3n) is 4.22. The van der Waals surface area contributed by atoms with Crippen molar-refractivity contribution >= 4 is 0 Å². The molecule has 1 aromatic carbocycles. The molecule has 0 spiro atoms. The average Bonchev–Trinajstić information content (AvgIpc) is 2.86. The van der Waals surface area contributed by atoms with Crippen molar-refractivity contribution in [3.8, 4) is 0 Å². The first-order chi connectivity index (χ1) is 8.09. The van der Waals surface area contributed by atoms with Crippen LogP contribution in [-0.2, 0) is 10.3 Å². The largest absolute Gasteiger partial charge is 0.385 e. The van der Waals surface area contributed by atoms with E-state index in [1.54, 1.807) is 0 Å². The summed E-state index contributed by atoms with van der Waals surface area (Å²) in [5, 5.41) is 11.0. The van der Waals surface area contributed by atoms with E-state index in [9.17, 15) is 5.11 Å². The zero-order valence-electron chi connectivity index (χ0n) is 11.0. The minimum absolute atomic E-state index is 0.230. The van der Waals surface area contributed by atoms with Crippen LogP contribution in [0.5, 0.6) is 0 Å². The fourth-order valence-electron chi connectivity index (χ4n) is 2.83. The number of benzene rings is 1. The molecule has 0 amide bonds. The predicted octanol–water partition coefficient (Wildman–Crippen LogP) is 2.94. The van der Waals surface area contributed by atoms with E-state index < -0.39 is 5.60 Å². The molecule has 1 aromatic rings. The van der Waals surface area contributed by atoms with E-state index in [1.165, 1.54) is 11.1 Å². The first-order valence-corrected chi connectivity index (χ1v) is 6.46. The molecule has 1 aliphatic rings. The molecule has 94 valence electrons. The minimum Gasteiger partial charge on any atom is -0.385 e. The maximum absolute atomic E-state index is 11.0. The highest BCUT2D eigenvalue weighted by molar-refractivity contribution is 5.37. The van der Waals surface area contributed by atoms with Gasteiger partial charge in [-0.1, -0.05) is 25.1 Å². The number of aryl methyl sites for hydroxylation is 1. The van der Waals surface area contributed by atoms with Gasteiger partial charge in [-0.3, -0.25) is 0 Å². The third kappa shape index (κ3) is 2.12. The van der Waals surface area contributed by atoms with E-state index in [0.29, 0.717) is 6.61 Å². The summed E-state index contributed by atoms with van der Waals surface area (Å²) in [6.45, 7) is 7.71. The van der Waals surface area contributed by atoms with Crippen LogP contribution in [0.1, 0.15) is 36.5 Å². The highest BCUT2D eigenvalue weighted by Crippen LogP contribution is 2.39. The predicted molar refractivity (Wildman–Crippen MR) is 69.0 cm³/mol. The fourth-order valence-corrected chi connectivity index (χ4v) is 2.83. The lowest BCUT2D eigenvalue weighted by molar-refractivity contribution is -0.0312. The van der Waals surface area contributed by atoms with Crippen LogP contribution < -0.4 is 0 Å². The Morgan fingerprint density at radius 2 is 2.18 bits per heavy atom. The second kappa shape index (κ2) is 4.79. The van der Waals surface area contributed by atoms with Crippen LogP contribution in [-0.4, -0.2) is 18.3 Å². The van der Waals surface area contributed by atoms with E-state index in [2.05, 4.69) is 32.9 Å². The lowest BCUT2D eigenvalue weighted by Crippen LogP contribution is -2.35. The van der Waals surface area contributed by atoms with Gasteiger partial charge in [0.15, 0.2) is 0 Å². The molecule has 0 saturated carbocycles. The smallest absolute Gasteiger partial charge is 0.0947 e. The van der Waals surface area contributed by atoms with Gasteiger partial charge < -0.3 is 9.84 Å². The van der Waals surface area contributed by atoms with Crippen molar-refractivity contribution in [2.24, 2.45) is 5.92 Å². The Morgan fingerprint density at radius 3 is 2.76 bits per heavy atom. The maximum atomic E-state index is 11.0. The van der Waals surface area contributed by atoms with Crippen molar-refractivity contribution < 1.29 is 9.84 Å². The van der Waals surface area contributed by atoms with Crippen molar-refractivity contribution in [3.63, 3.8) is 0 Å². The Hall–Kier alpha value is -0.860. The monoisotopic (exact) mass is 234 g/mol. The summed E-state index contributed by atoms with van der Waals surface area (Å²) in [5.74, 6) is 0.230. The number of aliphatic hydroxyl groups is 1. The van der Waals surface area contributed by atoms with Gasteiger partial charge >= 0.3 is 0 Å². The Labute approximate surface area is 104 Å². The molecule has 0 aromatic heterocycles. The van der Waals surface area contributed by atoms with Crippen LogP contribution in [0, 0.1) is 19.8 Å². The number of hydrogen-bond acceptors (Lipinski definition) is 2. The Bertz CT molecular complexity index is 394. The molecule has 1 heterocycles. The molecule has 17 heavy (non-hydrogen) atoms. The lowest BCUT2D eigenvalue weighted by atomic mass is 9.76. The van der Waals surface area contributed by atoms with Gasteiger partial charge in [-0.2, -0.15) is 0 Å². The molecule has 1 saturated heterocycles. The topological polar surface area (TPSA) is 29.5 Å². The maximum Gasteiger partial charge on any atom is 0.0947 e. The van der Waals surface area contributed by atoms with E-state index in [0.717, 1.165) is 25.0 Å². The second-order valence-electron chi connectivity index (χ2n) is 5.09. The molecule has 1 fully saturated rings. The standard InChI is InChI=1S/C15H22O2/c1-4-15(16,13-8-9-17-10-13)14-7-5-6-11(2)12(14)3/h5-7,13,16H,4,8-10H2,1-3H3. The van der Waals surface area contributed by atoms with Crippen LogP contribution >= 0.6 is 0 Å². The SMILES string of the molecule is CCC(O)(c1cccc(C)c1C)C1CCOC1. The first kappa shape index (κ1) is 12.6. The van der Waals surface area contributed by atoms with E-state index in [4.69, 9.17) is 4.74 Å². The highest BCUT2D eigenvalue weighted by Gasteiger charge is 2.39. The minimum atomic E-state index is -0.730. The molecule has 2 heteroatoms. The average molecular weight is 234 g/mol. The molecule has 1 aliphatic heterocycles. The van der Waals surface area contributed by atoms with Crippen LogP contribution in [0.3, 0.4) is 0 Å². The van der Waals surface area contributed by atoms with Gasteiger partial charge in [0.2, 0.25) is 0 Å². The second-order valence-corrected chi connectivity index (χ2v) is 5.09. The van der Waals surface area contributed by atoms with Crippen molar-refractivity contribution in [1.82, 2.24) is 0 Å². The summed E-state index contributed by atoms with van der Waals surface area (Å²) < 4.78 is 5.44. The first-order valence-electron chi connectivity index (χ1n) is 6.46. The van der Waals surface area contributed by atoms with Gasteiger partial charge in [0.25, 0.3) is 0 Å². The summed E-state index contributed by atoms with van der Waals surface area (Å²) in [5.41, 5.74) is 2.81. The van der Waals surface area contributed by atoms with Gasteiger partial charge in [0.1, 0.15) is 0 Å². The molecule has 0 aliphatic carbocycles. The quantitative estimate of drug-likeness (QED) is 0.871. The Balaban J connectivity index is 2.43. The fraction of sp³-hybridized carbons (Fsp3) is 0.600. The van der Waals surface area contributed by atoms with Crippen molar-refractivity contribution in [3.05, 3.63) is 34.9 Å². The van der Waals surface area contributed by atoms with Crippen LogP contribution in [0.2, 0.25) is 0 Å². The zero-order valence-corrected chi connectivity index (χ0v) is 11.0. The molecule has 2 unspecified atom stereocenters. The van der Waals surface area contributed by atoms with Gasteiger partial charge in [0, 0.05) is 12.5 Å². The molecule has 0 radical (unpaired) electrons. The summed E-state index contributed by atoms with van der Waals surface area (Å²) >= 11 is 0. The number of ether oxygens (including phenoxy) is 1. The molecule has 1 N–H and O–H groups in total. The summed E-state index contributed by atoms with van der Waals surface area (Å²) in [6, 6.07) is 6.19. The molecule has 2 atom stereocenters. The number of hydrogen-bond donors (Lipinski definition) is 1. The zero-order chi connectivity index (χ0) is 12.5. The summed E-state index contributed by atoms with van der Waals surface area (Å²) in [4.78, 5) is 0. The number of rotatable bonds is 3. The molecule has 0 bridgehead atoms. The van der Waals surface area contributed by atoms with E-state index >= 15 is 0 Å². The van der Waals surface area contributed by atoms with Gasteiger partial charge in [-0.05, 0) is 43.4 Å². The van der Waals surface area contributed by atoms with Gasteiger partial charge in [-0.15, -0.1) is 0 Å². The summed E-state index contributed by atoms with van der Waals surface area (Å²) in [7, 11) is 0. The highest BCUT2D eigenvalue weighted by atomic mass is 16.5. The van der Waals surface area contributed by atoms with E-state index in [1.807, 2.05) is 6.07 Å². The third-order valence-corrected chi connectivity index (χ3v) is 4.22. The lowest BCUT2D eigenvalue weighted by Gasteiger charge is -2.34. The van der Waals surface area contributed by atoms with Crippen molar-refractivity contribution in [1.29, 1.82) is 0 Å². The molecular weight excluding hydrogens is 212 g/mol. The normalized spacial score (nSPS) is 23.6.